The van der Waals surface area contributed by atoms with Crippen LogP contribution in [-0.2, 0) is 11.3 Å². The minimum Gasteiger partial charge on any atom is -0.444 e. The number of nitrogens with one attached hydrogen (secondary N) is 1. The van der Waals surface area contributed by atoms with E-state index in [2.05, 4.69) is 49.2 Å². The molecule has 1 atom stereocenters. The maximum atomic E-state index is 12.1. The first kappa shape index (κ1) is 26.0. The number of fused-ring (bicyclic) bond motifs is 5. The second-order valence-corrected chi connectivity index (χ2v) is 11.7. The van der Waals surface area contributed by atoms with E-state index in [0.717, 1.165) is 59.1 Å². The Morgan fingerprint density at radius 3 is 2.75 bits per heavy atom. The Hall–Kier alpha value is -4.29. The first-order valence-electron chi connectivity index (χ1n) is 13.4. The van der Waals surface area contributed by atoms with Crippen molar-refractivity contribution in [3.63, 3.8) is 0 Å². The molecule has 10 heteroatoms. The summed E-state index contributed by atoms with van der Waals surface area (Å²) in [6, 6.07) is 18.1. The Labute approximate surface area is 237 Å². The predicted molar refractivity (Wildman–Crippen MR) is 154 cm³/mol. The van der Waals surface area contributed by atoms with E-state index in [1.165, 1.54) is 0 Å². The molecule has 4 aromatic rings. The van der Waals surface area contributed by atoms with Gasteiger partial charge in [0.1, 0.15) is 17.1 Å². The number of anilines is 1. The maximum Gasteiger partial charge on any atom is 0.407 e. The van der Waals surface area contributed by atoms with Crippen LogP contribution in [0.1, 0.15) is 38.3 Å². The van der Waals surface area contributed by atoms with Crippen molar-refractivity contribution in [3.05, 3.63) is 71.1 Å². The Kier molecular flexibility index (Phi) is 6.51. The number of carbonyl (C=O) groups excluding carboxylic acids is 1. The predicted octanol–water partition coefficient (Wildman–Crippen LogP) is 5.64. The van der Waals surface area contributed by atoms with Crippen molar-refractivity contribution in [3.8, 4) is 34.4 Å². The van der Waals surface area contributed by atoms with E-state index >= 15 is 0 Å². The van der Waals surface area contributed by atoms with Crippen molar-refractivity contribution >= 4 is 23.4 Å². The van der Waals surface area contributed by atoms with Gasteiger partial charge in [0.05, 0.1) is 29.6 Å². The van der Waals surface area contributed by atoms with Crippen molar-refractivity contribution in [1.82, 2.24) is 24.6 Å². The molecule has 2 aliphatic rings. The molecular weight excluding hydrogens is 526 g/mol. The minimum atomic E-state index is -0.510. The standard InChI is InChI=1S/C30H30ClN7O2/c1-30(2,3)40-29(39)33-15-20-10-11-36(16-20)23-8-9-25-22(12-23)17-37-26(28-35-34-18-38(25)28)13-24(27(37)31)21-6-4-19(14-32)5-7-21/h4-9,12-13,18,20H,10-11,15-17H2,1-3H3,(H,33,39)/t20-/m0/s1. The fourth-order valence-electron chi connectivity index (χ4n) is 5.45. The third-order valence-electron chi connectivity index (χ3n) is 7.37. The van der Waals surface area contributed by atoms with E-state index in [4.69, 9.17) is 16.3 Å². The van der Waals surface area contributed by atoms with E-state index in [0.29, 0.717) is 29.7 Å². The van der Waals surface area contributed by atoms with E-state index < -0.39 is 5.60 Å². The second-order valence-electron chi connectivity index (χ2n) is 11.3. The number of carbonyl (C=O) groups is 1. The van der Waals surface area contributed by atoms with Crippen LogP contribution in [0.2, 0.25) is 5.15 Å². The Morgan fingerprint density at radius 1 is 1.20 bits per heavy atom. The molecule has 2 aromatic heterocycles. The van der Waals surface area contributed by atoms with Crippen molar-refractivity contribution < 1.29 is 9.53 Å². The maximum absolute atomic E-state index is 12.1. The van der Waals surface area contributed by atoms with Gasteiger partial charge in [-0.15, -0.1) is 10.2 Å². The largest absolute Gasteiger partial charge is 0.444 e. The monoisotopic (exact) mass is 555 g/mol. The van der Waals surface area contributed by atoms with Crippen LogP contribution in [-0.4, -0.2) is 50.7 Å². The number of rotatable bonds is 4. The molecule has 1 amide bonds. The molecule has 0 aliphatic carbocycles. The minimum absolute atomic E-state index is 0.344. The zero-order valence-corrected chi connectivity index (χ0v) is 23.4. The van der Waals surface area contributed by atoms with E-state index in [9.17, 15) is 10.1 Å². The van der Waals surface area contributed by atoms with Gasteiger partial charge < -0.3 is 19.5 Å². The highest BCUT2D eigenvalue weighted by Crippen LogP contribution is 2.40. The molecule has 1 fully saturated rings. The number of nitrogens with zero attached hydrogens (tertiary/aromatic N) is 6. The van der Waals surface area contributed by atoms with Crippen LogP contribution in [0, 0.1) is 17.2 Å². The molecule has 6 rings (SSSR count). The molecule has 4 heterocycles. The summed E-state index contributed by atoms with van der Waals surface area (Å²) >= 11 is 6.99. The third kappa shape index (κ3) is 4.91. The smallest absolute Gasteiger partial charge is 0.407 e. The average Bonchev–Trinajstić information content (AvgIpc) is 3.65. The van der Waals surface area contributed by atoms with Crippen molar-refractivity contribution in [2.75, 3.05) is 24.5 Å². The van der Waals surface area contributed by atoms with Crippen molar-refractivity contribution in [2.45, 2.75) is 39.3 Å². The molecular formula is C30H30ClN7O2. The molecule has 9 nitrogen and oxygen atoms in total. The van der Waals surface area contributed by atoms with Gasteiger partial charge in [-0.2, -0.15) is 5.26 Å². The number of nitriles is 1. The number of amides is 1. The number of halogens is 1. The van der Waals surface area contributed by atoms with Crippen LogP contribution in [0.3, 0.4) is 0 Å². The molecule has 1 saturated heterocycles. The van der Waals surface area contributed by atoms with Crippen LogP contribution >= 0.6 is 11.6 Å². The summed E-state index contributed by atoms with van der Waals surface area (Å²) in [4.78, 5) is 14.5. The van der Waals surface area contributed by atoms with Gasteiger partial charge in [-0.25, -0.2) is 4.79 Å². The highest BCUT2D eigenvalue weighted by Gasteiger charge is 2.28. The van der Waals surface area contributed by atoms with Crippen LogP contribution in [0.25, 0.3) is 28.3 Å². The van der Waals surface area contributed by atoms with Gasteiger partial charge in [0, 0.05) is 30.9 Å². The molecule has 0 radical (unpaired) electrons. The molecule has 0 spiro atoms. The van der Waals surface area contributed by atoms with Crippen LogP contribution in [0.15, 0.2) is 54.9 Å². The molecule has 0 saturated carbocycles. The van der Waals surface area contributed by atoms with Crippen molar-refractivity contribution in [1.29, 1.82) is 5.26 Å². The van der Waals surface area contributed by atoms with E-state index in [1.807, 2.05) is 43.5 Å². The summed E-state index contributed by atoms with van der Waals surface area (Å²) in [6.07, 6.45) is 2.35. The van der Waals surface area contributed by atoms with Crippen LogP contribution in [0.4, 0.5) is 10.5 Å². The Bertz CT molecular complexity index is 1630. The number of hydrogen-bond donors (Lipinski definition) is 1. The number of alkyl carbamates (subject to hydrolysis) is 1. The van der Waals surface area contributed by atoms with Gasteiger partial charge in [0.15, 0.2) is 5.82 Å². The third-order valence-corrected chi connectivity index (χ3v) is 7.78. The highest BCUT2D eigenvalue weighted by atomic mass is 35.5. The number of aromatic nitrogens is 4. The van der Waals surface area contributed by atoms with E-state index in [1.54, 1.807) is 18.5 Å². The molecule has 40 heavy (non-hydrogen) atoms. The lowest BCUT2D eigenvalue weighted by molar-refractivity contribution is 0.0520. The summed E-state index contributed by atoms with van der Waals surface area (Å²) in [5.74, 6) is 1.07. The average molecular weight is 556 g/mol. The normalized spacial score (nSPS) is 16.0. The number of ether oxygens (including phenoxy) is 1. The summed E-state index contributed by atoms with van der Waals surface area (Å²) in [5.41, 5.74) is 6.06. The van der Waals surface area contributed by atoms with Gasteiger partial charge in [0.2, 0.25) is 0 Å². The lowest BCUT2D eigenvalue weighted by atomic mass is 10.1. The first-order valence-corrected chi connectivity index (χ1v) is 13.7. The van der Waals surface area contributed by atoms with Crippen LogP contribution < -0.4 is 10.2 Å². The molecule has 2 aromatic carbocycles. The van der Waals surface area contributed by atoms with Gasteiger partial charge in [-0.05, 0) is 80.6 Å². The fourth-order valence-corrected chi connectivity index (χ4v) is 5.77. The highest BCUT2D eigenvalue weighted by molar-refractivity contribution is 6.32. The molecule has 0 bridgehead atoms. The van der Waals surface area contributed by atoms with Gasteiger partial charge in [0.25, 0.3) is 0 Å². The Balaban J connectivity index is 1.26. The lowest BCUT2D eigenvalue weighted by Crippen LogP contribution is -2.36. The number of benzene rings is 2. The first-order chi connectivity index (χ1) is 19.2. The quantitative estimate of drug-likeness (QED) is 0.308. The zero-order valence-electron chi connectivity index (χ0n) is 22.7. The summed E-state index contributed by atoms with van der Waals surface area (Å²) in [7, 11) is 0. The molecule has 204 valence electrons. The second kappa shape index (κ2) is 10.0. The van der Waals surface area contributed by atoms with Gasteiger partial charge >= 0.3 is 6.09 Å². The summed E-state index contributed by atoms with van der Waals surface area (Å²) in [5, 5.41) is 21.4. The van der Waals surface area contributed by atoms with E-state index in [-0.39, 0.29) is 6.09 Å². The van der Waals surface area contributed by atoms with Gasteiger partial charge in [-0.3, -0.25) is 4.57 Å². The SMILES string of the molecule is CC(C)(C)OC(=O)NC[C@@H]1CCN(c2ccc3c(c2)Cn2c(cc(-c4ccc(C#N)cc4)c2Cl)-c2nncn2-3)C1. The Morgan fingerprint density at radius 2 is 2.00 bits per heavy atom. The van der Waals surface area contributed by atoms with Gasteiger partial charge in [-0.1, -0.05) is 23.7 Å². The lowest BCUT2D eigenvalue weighted by Gasteiger charge is -2.22. The van der Waals surface area contributed by atoms with Crippen LogP contribution in [0.5, 0.6) is 0 Å². The topological polar surface area (TPSA) is 101 Å². The molecule has 2 aliphatic heterocycles. The molecule has 1 N–H and O–H groups in total. The summed E-state index contributed by atoms with van der Waals surface area (Å²) < 4.78 is 9.46. The van der Waals surface area contributed by atoms with Crippen molar-refractivity contribution in [2.24, 2.45) is 5.92 Å². The molecule has 0 unspecified atom stereocenters. The zero-order chi connectivity index (χ0) is 28.0. The fraction of sp³-hybridized carbons (Fsp3) is 0.333. The number of hydrogen-bond acceptors (Lipinski definition) is 6. The summed E-state index contributed by atoms with van der Waals surface area (Å²) in [6.45, 7) is 8.52.